The van der Waals surface area contributed by atoms with Gasteiger partial charge in [0.25, 0.3) is 0 Å². The van der Waals surface area contributed by atoms with E-state index in [-0.39, 0.29) is 35.5 Å². The molecule has 1 aliphatic heterocycles. The van der Waals surface area contributed by atoms with E-state index in [4.69, 9.17) is 9.47 Å². The molecule has 5 atom stereocenters. The zero-order valence-electron chi connectivity index (χ0n) is 13.2. The number of rotatable bonds is 1. The van der Waals surface area contributed by atoms with Crippen LogP contribution in [-0.4, -0.2) is 29.9 Å². The summed E-state index contributed by atoms with van der Waals surface area (Å²) >= 11 is 0. The summed E-state index contributed by atoms with van der Waals surface area (Å²) < 4.78 is 11.1. The lowest BCUT2D eigenvalue weighted by atomic mass is 9.79. The molecule has 22 heavy (non-hydrogen) atoms. The van der Waals surface area contributed by atoms with Gasteiger partial charge in [0.1, 0.15) is 12.2 Å². The van der Waals surface area contributed by atoms with Crippen molar-refractivity contribution in [2.24, 2.45) is 17.8 Å². The van der Waals surface area contributed by atoms with Gasteiger partial charge in [-0.15, -0.1) is 0 Å². The predicted octanol–water partition coefficient (Wildman–Crippen LogP) is 1.96. The Morgan fingerprint density at radius 3 is 2.64 bits per heavy atom. The first-order chi connectivity index (χ1) is 10.3. The van der Waals surface area contributed by atoms with Gasteiger partial charge in [-0.25, -0.2) is 0 Å². The maximum Gasteiger partial charge on any atom is 0.309 e. The summed E-state index contributed by atoms with van der Waals surface area (Å²) in [6.07, 6.45) is 1.24. The third-order valence-electron chi connectivity index (χ3n) is 5.05. The Morgan fingerprint density at radius 1 is 1.32 bits per heavy atom. The highest BCUT2D eigenvalue weighted by atomic mass is 16.6. The number of esters is 2. The van der Waals surface area contributed by atoms with Gasteiger partial charge in [0.2, 0.25) is 0 Å². The quantitative estimate of drug-likeness (QED) is 0.693. The zero-order chi connectivity index (χ0) is 16.2. The molecule has 0 bridgehead atoms. The Hall–Kier alpha value is -1.91. The Kier molecular flexibility index (Phi) is 3.46. The molecule has 118 valence electrons. The average molecular weight is 304 g/mol. The molecular weight excluding hydrogens is 284 g/mol. The van der Waals surface area contributed by atoms with E-state index in [1.165, 1.54) is 6.92 Å². The second-order valence-corrected chi connectivity index (χ2v) is 6.54. The summed E-state index contributed by atoms with van der Waals surface area (Å²) in [4.78, 5) is 35.8. The number of allylic oxidation sites excluding steroid dienone is 1. The molecule has 0 aromatic carbocycles. The molecule has 0 amide bonds. The van der Waals surface area contributed by atoms with E-state index in [1.807, 2.05) is 13.8 Å². The van der Waals surface area contributed by atoms with Gasteiger partial charge in [-0.1, -0.05) is 18.1 Å². The van der Waals surface area contributed by atoms with E-state index in [2.05, 4.69) is 0 Å². The molecule has 0 N–H and O–H groups in total. The lowest BCUT2D eigenvalue weighted by Crippen LogP contribution is -2.37. The number of ether oxygens (including phenoxy) is 2. The molecule has 1 heterocycles. The van der Waals surface area contributed by atoms with Gasteiger partial charge in [0.15, 0.2) is 5.78 Å². The van der Waals surface area contributed by atoms with Crippen LogP contribution in [-0.2, 0) is 23.9 Å². The molecule has 0 aromatic heterocycles. The monoisotopic (exact) mass is 304 g/mol. The van der Waals surface area contributed by atoms with Gasteiger partial charge >= 0.3 is 11.9 Å². The Balaban J connectivity index is 2.08. The minimum Gasteiger partial charge on any atom is -0.462 e. The Bertz CT molecular complexity index is 627. The summed E-state index contributed by atoms with van der Waals surface area (Å²) in [5.74, 6) is -1.44. The number of hydrogen-bond acceptors (Lipinski definition) is 5. The number of hydrogen-bond donors (Lipinski definition) is 0. The van der Waals surface area contributed by atoms with Crippen LogP contribution in [0.25, 0.3) is 0 Å². The molecular formula is C17H20O5. The van der Waals surface area contributed by atoms with Crippen LogP contribution < -0.4 is 0 Å². The van der Waals surface area contributed by atoms with Gasteiger partial charge in [0, 0.05) is 30.8 Å². The van der Waals surface area contributed by atoms with Crippen LogP contribution in [0.2, 0.25) is 0 Å². The van der Waals surface area contributed by atoms with Crippen molar-refractivity contribution < 1.29 is 23.9 Å². The second kappa shape index (κ2) is 5.07. The van der Waals surface area contributed by atoms with E-state index in [9.17, 15) is 14.4 Å². The molecule has 1 fully saturated rings. The number of carbonyl (C=O) groups is 3. The predicted molar refractivity (Wildman–Crippen MR) is 77.7 cm³/mol. The fourth-order valence-electron chi connectivity index (χ4n) is 4.12. The highest BCUT2D eigenvalue weighted by molar-refractivity contribution is 6.09. The summed E-state index contributed by atoms with van der Waals surface area (Å²) in [6.45, 7) is 6.96. The lowest BCUT2D eigenvalue weighted by molar-refractivity contribution is -0.150. The van der Waals surface area contributed by atoms with Crippen LogP contribution in [0, 0.1) is 17.8 Å². The van der Waals surface area contributed by atoms with Crippen molar-refractivity contribution in [1.82, 2.24) is 0 Å². The molecule has 0 radical (unpaired) electrons. The maximum atomic E-state index is 12.3. The van der Waals surface area contributed by atoms with Crippen LogP contribution >= 0.6 is 0 Å². The van der Waals surface area contributed by atoms with Crippen molar-refractivity contribution >= 4 is 17.7 Å². The van der Waals surface area contributed by atoms with Crippen molar-refractivity contribution in [2.45, 2.75) is 46.3 Å². The largest absolute Gasteiger partial charge is 0.462 e. The summed E-state index contributed by atoms with van der Waals surface area (Å²) in [6, 6.07) is 0. The van der Waals surface area contributed by atoms with Crippen molar-refractivity contribution in [3.8, 4) is 0 Å². The minimum absolute atomic E-state index is 0.0159. The topological polar surface area (TPSA) is 69.7 Å². The summed E-state index contributed by atoms with van der Waals surface area (Å²) in [7, 11) is 0. The van der Waals surface area contributed by atoms with E-state index in [0.717, 1.165) is 11.1 Å². The molecule has 0 unspecified atom stereocenters. The standard InChI is InChI=1S/C17H20O5/c1-7-5-11(19)13-8(2)6-12(21-10(4)18)15-9(3)17(20)22-16(15)14(7)13/h5,9,12,14-16H,6H2,1-4H3/t9-,12-,14+,15+,16+/m1/s1. The second-order valence-electron chi connectivity index (χ2n) is 6.54. The zero-order valence-corrected chi connectivity index (χ0v) is 13.2. The van der Waals surface area contributed by atoms with Crippen molar-refractivity contribution in [3.63, 3.8) is 0 Å². The van der Waals surface area contributed by atoms with Gasteiger partial charge in [-0.2, -0.15) is 0 Å². The van der Waals surface area contributed by atoms with Gasteiger partial charge in [-0.05, 0) is 19.9 Å². The van der Waals surface area contributed by atoms with Crippen molar-refractivity contribution in [1.29, 1.82) is 0 Å². The van der Waals surface area contributed by atoms with Crippen molar-refractivity contribution in [3.05, 3.63) is 22.8 Å². The number of ketones is 1. The SMILES string of the molecule is CC(=O)O[C@@H]1CC(C)=C2C(=O)C=C(C)[C@@H]2[C@@H]2OC(=O)[C@H](C)[C@H]21. The molecule has 3 rings (SSSR count). The van der Waals surface area contributed by atoms with Crippen LogP contribution in [0.1, 0.15) is 34.1 Å². The van der Waals surface area contributed by atoms with E-state index >= 15 is 0 Å². The van der Waals surface area contributed by atoms with E-state index in [0.29, 0.717) is 12.0 Å². The van der Waals surface area contributed by atoms with E-state index in [1.54, 1.807) is 13.0 Å². The molecule has 3 aliphatic rings. The highest BCUT2D eigenvalue weighted by Gasteiger charge is 2.55. The average Bonchev–Trinajstić information content (AvgIpc) is 2.81. The van der Waals surface area contributed by atoms with Crippen LogP contribution in [0.5, 0.6) is 0 Å². The maximum absolute atomic E-state index is 12.3. The van der Waals surface area contributed by atoms with Gasteiger partial charge in [-0.3, -0.25) is 14.4 Å². The van der Waals surface area contributed by atoms with Crippen LogP contribution in [0.3, 0.4) is 0 Å². The molecule has 1 saturated heterocycles. The summed E-state index contributed by atoms with van der Waals surface area (Å²) in [5.41, 5.74) is 2.55. The first kappa shape index (κ1) is 15.0. The summed E-state index contributed by atoms with van der Waals surface area (Å²) in [5, 5.41) is 0. The van der Waals surface area contributed by atoms with Gasteiger partial charge in [0.05, 0.1) is 5.92 Å². The van der Waals surface area contributed by atoms with Gasteiger partial charge < -0.3 is 9.47 Å². The first-order valence-corrected chi connectivity index (χ1v) is 7.61. The highest BCUT2D eigenvalue weighted by Crippen LogP contribution is 2.48. The molecule has 0 saturated carbocycles. The first-order valence-electron chi connectivity index (χ1n) is 7.61. The third kappa shape index (κ3) is 2.11. The molecule has 2 aliphatic carbocycles. The van der Waals surface area contributed by atoms with Crippen molar-refractivity contribution in [2.75, 3.05) is 0 Å². The molecule has 0 aromatic rings. The third-order valence-corrected chi connectivity index (χ3v) is 5.05. The lowest BCUT2D eigenvalue weighted by Gasteiger charge is -2.29. The van der Waals surface area contributed by atoms with E-state index < -0.39 is 12.2 Å². The Labute approximate surface area is 129 Å². The van der Waals surface area contributed by atoms with Crippen LogP contribution in [0.4, 0.5) is 0 Å². The minimum atomic E-state index is -0.429. The fraction of sp³-hybridized carbons (Fsp3) is 0.588. The molecule has 5 heteroatoms. The fourth-order valence-corrected chi connectivity index (χ4v) is 4.12. The Morgan fingerprint density at radius 2 is 2.00 bits per heavy atom. The smallest absolute Gasteiger partial charge is 0.309 e. The number of fused-ring (bicyclic) bond motifs is 3. The molecule has 0 spiro atoms. The number of carbonyl (C=O) groups excluding carboxylic acids is 3. The molecule has 5 nitrogen and oxygen atoms in total. The normalized spacial score (nSPS) is 37.3. The van der Waals surface area contributed by atoms with Crippen LogP contribution in [0.15, 0.2) is 22.8 Å².